The monoisotopic (exact) mass is 269 g/mol. The number of hydrogen-bond acceptors (Lipinski definition) is 2. The summed E-state index contributed by atoms with van der Waals surface area (Å²) in [6, 6.07) is 2.38. The van der Waals surface area contributed by atoms with E-state index in [0.717, 1.165) is 0 Å². The Bertz CT molecular complexity index is 381. The molecule has 0 aromatic carbocycles. The minimum Gasteiger partial charge on any atom is -0.481 e. The second-order valence-corrected chi connectivity index (χ2v) is 3.86. The van der Waals surface area contributed by atoms with Crippen LogP contribution < -0.4 is 0 Å². The SMILES string of the molecule is O=C(O)CC(c1cc(Cl)nc(Cl)c1)C(F)F. The molecular weight excluding hydrogens is 263 g/mol. The number of carboxylic acids is 1. The van der Waals surface area contributed by atoms with Crippen LogP contribution in [0.2, 0.25) is 10.3 Å². The summed E-state index contributed by atoms with van der Waals surface area (Å²) in [6.45, 7) is 0. The number of rotatable bonds is 4. The van der Waals surface area contributed by atoms with Crippen molar-refractivity contribution in [2.75, 3.05) is 0 Å². The van der Waals surface area contributed by atoms with E-state index in [1.54, 1.807) is 0 Å². The normalized spacial score (nSPS) is 12.8. The molecule has 3 nitrogen and oxygen atoms in total. The molecule has 0 bridgehead atoms. The Morgan fingerprint density at radius 3 is 2.25 bits per heavy atom. The van der Waals surface area contributed by atoms with Crippen molar-refractivity contribution in [3.63, 3.8) is 0 Å². The van der Waals surface area contributed by atoms with E-state index in [9.17, 15) is 13.6 Å². The van der Waals surface area contributed by atoms with Crippen LogP contribution in [0.25, 0.3) is 0 Å². The minimum atomic E-state index is -2.80. The first-order chi connectivity index (χ1) is 7.40. The molecule has 1 unspecified atom stereocenters. The van der Waals surface area contributed by atoms with Crippen LogP contribution in [0.1, 0.15) is 17.9 Å². The number of aliphatic carboxylic acids is 1. The van der Waals surface area contributed by atoms with E-state index in [1.165, 1.54) is 12.1 Å². The molecule has 0 aliphatic carbocycles. The molecule has 16 heavy (non-hydrogen) atoms. The third-order valence-corrected chi connectivity index (χ3v) is 2.30. The van der Waals surface area contributed by atoms with Crippen LogP contribution in [0.3, 0.4) is 0 Å². The van der Waals surface area contributed by atoms with E-state index < -0.39 is 24.7 Å². The van der Waals surface area contributed by atoms with Gasteiger partial charge in [-0.15, -0.1) is 0 Å². The van der Waals surface area contributed by atoms with Gasteiger partial charge in [0.25, 0.3) is 0 Å². The highest BCUT2D eigenvalue weighted by molar-refractivity contribution is 6.32. The van der Waals surface area contributed by atoms with Crippen LogP contribution in [-0.2, 0) is 4.79 Å². The maximum absolute atomic E-state index is 12.6. The van der Waals surface area contributed by atoms with E-state index in [2.05, 4.69) is 4.98 Å². The van der Waals surface area contributed by atoms with Gasteiger partial charge in [0.05, 0.1) is 12.3 Å². The molecule has 1 rings (SSSR count). The van der Waals surface area contributed by atoms with Crippen molar-refractivity contribution in [3.8, 4) is 0 Å². The lowest BCUT2D eigenvalue weighted by Gasteiger charge is -2.14. The van der Waals surface area contributed by atoms with Crippen molar-refractivity contribution in [1.82, 2.24) is 4.98 Å². The summed E-state index contributed by atoms with van der Waals surface area (Å²) >= 11 is 11.1. The van der Waals surface area contributed by atoms with Gasteiger partial charge in [0, 0.05) is 0 Å². The van der Waals surface area contributed by atoms with Gasteiger partial charge in [-0.3, -0.25) is 4.79 Å². The van der Waals surface area contributed by atoms with Crippen molar-refractivity contribution < 1.29 is 18.7 Å². The largest absolute Gasteiger partial charge is 0.481 e. The predicted molar refractivity (Wildman–Crippen MR) is 55.3 cm³/mol. The zero-order chi connectivity index (χ0) is 12.3. The molecule has 0 saturated carbocycles. The molecule has 0 amide bonds. The second-order valence-electron chi connectivity index (χ2n) is 3.08. The average Bonchev–Trinajstić information content (AvgIpc) is 2.11. The van der Waals surface area contributed by atoms with Crippen LogP contribution in [0.15, 0.2) is 12.1 Å². The summed E-state index contributed by atoms with van der Waals surface area (Å²) in [5.41, 5.74) is 0.0717. The van der Waals surface area contributed by atoms with Gasteiger partial charge in [-0.05, 0) is 17.7 Å². The zero-order valence-corrected chi connectivity index (χ0v) is 9.34. The number of carbonyl (C=O) groups is 1. The summed E-state index contributed by atoms with van der Waals surface area (Å²) < 4.78 is 25.3. The van der Waals surface area contributed by atoms with Crippen LogP contribution in [0.4, 0.5) is 8.78 Å². The molecule has 0 radical (unpaired) electrons. The lowest BCUT2D eigenvalue weighted by molar-refractivity contribution is -0.138. The molecule has 1 heterocycles. The first kappa shape index (κ1) is 13.1. The smallest absolute Gasteiger partial charge is 0.304 e. The number of halogens is 4. The van der Waals surface area contributed by atoms with Crippen LogP contribution in [0.5, 0.6) is 0 Å². The van der Waals surface area contributed by atoms with E-state index in [0.29, 0.717) is 0 Å². The molecule has 1 atom stereocenters. The second kappa shape index (κ2) is 5.41. The van der Waals surface area contributed by atoms with Gasteiger partial charge in [-0.2, -0.15) is 0 Å². The first-order valence-corrected chi connectivity index (χ1v) is 4.98. The fraction of sp³-hybridized carbons (Fsp3) is 0.333. The van der Waals surface area contributed by atoms with Crippen LogP contribution >= 0.6 is 23.2 Å². The van der Waals surface area contributed by atoms with Crippen LogP contribution in [0, 0.1) is 0 Å². The summed E-state index contributed by atoms with van der Waals surface area (Å²) in [5.74, 6) is -2.75. The van der Waals surface area contributed by atoms with Gasteiger partial charge in [0.2, 0.25) is 6.43 Å². The average molecular weight is 270 g/mol. The summed E-state index contributed by atoms with van der Waals surface area (Å²) in [6.07, 6.45) is -3.49. The van der Waals surface area contributed by atoms with Gasteiger partial charge in [0.15, 0.2) is 0 Å². The molecule has 0 spiro atoms. The molecule has 1 aromatic rings. The molecular formula is C9H7Cl2F2NO2. The van der Waals surface area contributed by atoms with Gasteiger partial charge in [-0.25, -0.2) is 13.8 Å². The lowest BCUT2D eigenvalue weighted by atomic mass is 9.97. The summed E-state index contributed by atoms with van der Waals surface area (Å²) in [7, 11) is 0. The quantitative estimate of drug-likeness (QED) is 0.854. The maximum Gasteiger partial charge on any atom is 0.304 e. The number of aromatic nitrogens is 1. The number of alkyl halides is 2. The number of hydrogen-bond donors (Lipinski definition) is 1. The van der Waals surface area contributed by atoms with Gasteiger partial charge in [-0.1, -0.05) is 23.2 Å². The maximum atomic E-state index is 12.6. The minimum absolute atomic E-state index is 0.0430. The predicted octanol–water partition coefficient (Wildman–Crippen LogP) is 3.21. The third-order valence-electron chi connectivity index (χ3n) is 1.91. The third kappa shape index (κ3) is 3.57. The fourth-order valence-corrected chi connectivity index (χ4v) is 1.72. The number of nitrogens with zero attached hydrogens (tertiary/aromatic N) is 1. The first-order valence-electron chi connectivity index (χ1n) is 4.23. The molecule has 0 aliphatic heterocycles. The van der Waals surface area contributed by atoms with Crippen molar-refractivity contribution in [2.45, 2.75) is 18.8 Å². The fourth-order valence-electron chi connectivity index (χ4n) is 1.24. The molecule has 0 saturated heterocycles. The molecule has 0 aliphatic rings. The van der Waals surface area contributed by atoms with Gasteiger partial charge < -0.3 is 5.11 Å². The Balaban J connectivity index is 3.05. The van der Waals surface area contributed by atoms with Crippen molar-refractivity contribution in [3.05, 3.63) is 28.0 Å². The van der Waals surface area contributed by atoms with Crippen LogP contribution in [-0.4, -0.2) is 22.5 Å². The standard InChI is InChI=1S/C9H7Cl2F2NO2/c10-6-1-4(2-7(11)14-6)5(9(12)13)3-8(15)16/h1-2,5,9H,3H2,(H,15,16). The molecule has 0 fully saturated rings. The van der Waals surface area contributed by atoms with Crippen molar-refractivity contribution >= 4 is 29.2 Å². The Morgan fingerprint density at radius 2 is 1.88 bits per heavy atom. The highest BCUT2D eigenvalue weighted by atomic mass is 35.5. The Hall–Kier alpha value is -0.940. The Morgan fingerprint density at radius 1 is 1.38 bits per heavy atom. The Labute approximate surface area is 100 Å². The topological polar surface area (TPSA) is 50.2 Å². The van der Waals surface area contributed by atoms with Gasteiger partial charge >= 0.3 is 5.97 Å². The van der Waals surface area contributed by atoms with E-state index in [4.69, 9.17) is 28.3 Å². The molecule has 1 aromatic heterocycles. The highest BCUT2D eigenvalue weighted by Crippen LogP contribution is 2.29. The summed E-state index contributed by atoms with van der Waals surface area (Å²) in [5, 5.41) is 8.43. The number of pyridine rings is 1. The number of carboxylic acid groups (broad SMARTS) is 1. The Kier molecular flexibility index (Phi) is 4.44. The highest BCUT2D eigenvalue weighted by Gasteiger charge is 2.26. The zero-order valence-electron chi connectivity index (χ0n) is 7.83. The molecule has 88 valence electrons. The van der Waals surface area contributed by atoms with E-state index in [1.807, 2.05) is 0 Å². The molecule has 7 heteroatoms. The molecule has 1 N–H and O–H groups in total. The van der Waals surface area contributed by atoms with Gasteiger partial charge in [0.1, 0.15) is 10.3 Å². The lowest BCUT2D eigenvalue weighted by Crippen LogP contribution is -2.14. The summed E-state index contributed by atoms with van der Waals surface area (Å²) in [4.78, 5) is 14.0. The van der Waals surface area contributed by atoms with Crippen molar-refractivity contribution in [2.24, 2.45) is 0 Å². The van der Waals surface area contributed by atoms with E-state index in [-0.39, 0.29) is 15.9 Å². The van der Waals surface area contributed by atoms with Crippen molar-refractivity contribution in [1.29, 1.82) is 0 Å². The van der Waals surface area contributed by atoms with E-state index >= 15 is 0 Å².